The molecule has 1 aliphatic carbocycles. The highest BCUT2D eigenvalue weighted by Gasteiger charge is 2.25. The molecule has 1 aromatic heterocycles. The van der Waals surface area contributed by atoms with E-state index in [1.165, 1.54) is 42.7 Å². The van der Waals surface area contributed by atoms with Crippen molar-refractivity contribution in [2.24, 2.45) is 5.92 Å². The second kappa shape index (κ2) is 8.96. The Bertz CT molecular complexity index is 794. The molecule has 4 rings (SSSR count). The van der Waals surface area contributed by atoms with E-state index in [1.54, 1.807) is 12.1 Å². The summed E-state index contributed by atoms with van der Waals surface area (Å²) in [6, 6.07) is 6.08. The first-order chi connectivity index (χ1) is 13.7. The van der Waals surface area contributed by atoms with Gasteiger partial charge in [0.1, 0.15) is 16.6 Å². The number of piperidine rings is 1. The van der Waals surface area contributed by atoms with E-state index in [-0.39, 0.29) is 11.7 Å². The number of rotatable bonds is 7. The van der Waals surface area contributed by atoms with Gasteiger partial charge in [-0.3, -0.25) is 15.0 Å². The van der Waals surface area contributed by atoms with E-state index in [2.05, 4.69) is 20.4 Å². The van der Waals surface area contributed by atoms with Crippen LogP contribution in [0.4, 0.5) is 9.52 Å². The number of benzene rings is 1. The van der Waals surface area contributed by atoms with Crippen molar-refractivity contribution in [3.8, 4) is 5.75 Å². The van der Waals surface area contributed by atoms with E-state index in [0.29, 0.717) is 35.9 Å². The summed E-state index contributed by atoms with van der Waals surface area (Å²) in [4.78, 5) is 14.5. The zero-order chi connectivity index (χ0) is 19.3. The van der Waals surface area contributed by atoms with Gasteiger partial charge in [-0.15, -0.1) is 10.2 Å². The molecule has 1 atom stereocenters. The number of aromatic nitrogens is 2. The molecule has 1 aliphatic heterocycles. The van der Waals surface area contributed by atoms with Crippen LogP contribution in [-0.4, -0.2) is 47.2 Å². The molecule has 1 saturated heterocycles. The van der Waals surface area contributed by atoms with Crippen LogP contribution in [0.2, 0.25) is 0 Å². The number of halogens is 1. The van der Waals surface area contributed by atoms with Crippen LogP contribution in [0.3, 0.4) is 0 Å². The van der Waals surface area contributed by atoms with Crippen LogP contribution in [-0.2, 0) is 4.79 Å². The van der Waals surface area contributed by atoms with Gasteiger partial charge in [0.25, 0.3) is 0 Å². The number of hydrogen-bond donors (Lipinski definition) is 1. The summed E-state index contributed by atoms with van der Waals surface area (Å²) >= 11 is 1.50. The summed E-state index contributed by atoms with van der Waals surface area (Å²) in [5, 5.41) is 12.8. The van der Waals surface area contributed by atoms with E-state index >= 15 is 0 Å². The highest BCUT2D eigenvalue weighted by Crippen LogP contribution is 2.38. The van der Waals surface area contributed by atoms with Crippen LogP contribution >= 0.6 is 11.3 Å². The number of anilines is 1. The molecule has 2 fully saturated rings. The first-order valence-corrected chi connectivity index (χ1v) is 10.7. The molecular weight excluding hydrogens is 379 g/mol. The van der Waals surface area contributed by atoms with Crippen LogP contribution < -0.4 is 10.1 Å². The fourth-order valence-corrected chi connectivity index (χ4v) is 4.57. The van der Waals surface area contributed by atoms with Crippen molar-refractivity contribution in [3.05, 3.63) is 35.1 Å². The number of likely N-dealkylation sites (tertiary alicyclic amines) is 1. The lowest BCUT2D eigenvalue weighted by Crippen LogP contribution is -2.42. The largest absolute Gasteiger partial charge is 0.493 e. The zero-order valence-electron chi connectivity index (χ0n) is 15.8. The molecule has 1 amide bonds. The molecule has 2 heterocycles. The van der Waals surface area contributed by atoms with Crippen molar-refractivity contribution in [2.45, 2.75) is 38.0 Å². The van der Waals surface area contributed by atoms with Gasteiger partial charge in [0.05, 0.1) is 13.2 Å². The lowest BCUT2D eigenvalue weighted by Gasteiger charge is -2.31. The van der Waals surface area contributed by atoms with E-state index in [9.17, 15) is 9.18 Å². The predicted molar refractivity (Wildman–Crippen MR) is 106 cm³/mol. The fourth-order valence-electron chi connectivity index (χ4n) is 3.64. The maximum Gasteiger partial charge on any atom is 0.240 e. The lowest BCUT2D eigenvalue weighted by molar-refractivity contribution is -0.117. The molecule has 1 N–H and O–H groups in total. The van der Waals surface area contributed by atoms with Gasteiger partial charge in [0.2, 0.25) is 11.0 Å². The number of hydrogen-bond acceptors (Lipinski definition) is 6. The number of ether oxygens (including phenoxy) is 1. The predicted octanol–water partition coefficient (Wildman–Crippen LogP) is 3.67. The summed E-state index contributed by atoms with van der Waals surface area (Å²) in [5.41, 5.74) is 0. The van der Waals surface area contributed by atoms with Crippen molar-refractivity contribution in [1.82, 2.24) is 15.1 Å². The Morgan fingerprint density at radius 3 is 2.79 bits per heavy atom. The average molecular weight is 405 g/mol. The van der Waals surface area contributed by atoms with Crippen molar-refractivity contribution >= 4 is 22.4 Å². The Kier molecular flexibility index (Phi) is 6.17. The standard InChI is InChI=1S/C20H25FN4O2S/c21-16-6-8-17(9-7-16)27-13-14-3-2-10-25(11-14)12-18(26)22-20-24-23-19(28-20)15-4-1-5-15/h6-9,14-15H,1-5,10-13H2,(H,22,24,26). The molecule has 0 spiro atoms. The number of nitrogens with zero attached hydrogens (tertiary/aromatic N) is 3. The van der Waals surface area contributed by atoms with Crippen molar-refractivity contribution in [2.75, 3.05) is 31.6 Å². The second-order valence-electron chi connectivity index (χ2n) is 7.63. The smallest absolute Gasteiger partial charge is 0.240 e. The normalized spacial score (nSPS) is 20.5. The number of amides is 1. The highest BCUT2D eigenvalue weighted by molar-refractivity contribution is 7.15. The minimum absolute atomic E-state index is 0.0450. The lowest BCUT2D eigenvalue weighted by atomic mass is 9.86. The summed E-state index contributed by atoms with van der Waals surface area (Å²) < 4.78 is 18.7. The van der Waals surface area contributed by atoms with E-state index in [0.717, 1.165) is 30.9 Å². The molecule has 0 radical (unpaired) electrons. The summed E-state index contributed by atoms with van der Waals surface area (Å²) in [5.74, 6) is 1.26. The third kappa shape index (κ3) is 5.05. The Hall–Kier alpha value is -2.06. The minimum atomic E-state index is -0.266. The molecule has 1 aromatic carbocycles. The topological polar surface area (TPSA) is 67.3 Å². The van der Waals surface area contributed by atoms with Gasteiger partial charge in [-0.1, -0.05) is 17.8 Å². The van der Waals surface area contributed by atoms with Crippen LogP contribution in [0, 0.1) is 11.7 Å². The van der Waals surface area contributed by atoms with Gasteiger partial charge in [0, 0.05) is 18.4 Å². The molecule has 2 aliphatic rings. The molecule has 1 saturated carbocycles. The van der Waals surface area contributed by atoms with E-state index < -0.39 is 0 Å². The van der Waals surface area contributed by atoms with Gasteiger partial charge in [-0.2, -0.15) is 0 Å². The third-order valence-corrected chi connectivity index (χ3v) is 6.41. The van der Waals surface area contributed by atoms with Crippen LogP contribution in [0.25, 0.3) is 0 Å². The molecule has 1 unspecified atom stereocenters. The van der Waals surface area contributed by atoms with Gasteiger partial charge in [-0.05, 0) is 56.5 Å². The zero-order valence-corrected chi connectivity index (χ0v) is 16.6. The van der Waals surface area contributed by atoms with Gasteiger partial charge in [0.15, 0.2) is 0 Å². The number of carbonyl (C=O) groups is 1. The SMILES string of the molecule is O=C(CN1CCCC(COc2ccc(F)cc2)C1)Nc1nnc(C2CCC2)s1. The average Bonchev–Trinajstić information content (AvgIpc) is 3.07. The number of nitrogens with one attached hydrogen (secondary N) is 1. The van der Waals surface area contributed by atoms with E-state index in [1.807, 2.05) is 0 Å². The third-order valence-electron chi connectivity index (χ3n) is 5.41. The first-order valence-electron chi connectivity index (χ1n) is 9.89. The molecule has 6 nitrogen and oxygen atoms in total. The van der Waals surface area contributed by atoms with Crippen LogP contribution in [0.15, 0.2) is 24.3 Å². The van der Waals surface area contributed by atoms with Gasteiger partial charge >= 0.3 is 0 Å². The summed E-state index contributed by atoms with van der Waals surface area (Å²) in [6.07, 6.45) is 5.72. The van der Waals surface area contributed by atoms with Crippen molar-refractivity contribution in [1.29, 1.82) is 0 Å². The molecule has 0 bridgehead atoms. The van der Waals surface area contributed by atoms with E-state index in [4.69, 9.17) is 4.74 Å². The van der Waals surface area contributed by atoms with Crippen LogP contribution in [0.1, 0.15) is 43.0 Å². The Morgan fingerprint density at radius 2 is 2.04 bits per heavy atom. The maximum atomic E-state index is 13.0. The quantitative estimate of drug-likeness (QED) is 0.763. The monoisotopic (exact) mass is 404 g/mol. The fraction of sp³-hybridized carbons (Fsp3) is 0.550. The van der Waals surface area contributed by atoms with Crippen LogP contribution in [0.5, 0.6) is 5.75 Å². The first kappa shape index (κ1) is 19.3. The summed E-state index contributed by atoms with van der Waals surface area (Å²) in [6.45, 7) is 2.65. The molecular formula is C20H25FN4O2S. The Balaban J connectivity index is 1.22. The molecule has 28 heavy (non-hydrogen) atoms. The minimum Gasteiger partial charge on any atom is -0.493 e. The summed E-state index contributed by atoms with van der Waals surface area (Å²) in [7, 11) is 0. The number of carbonyl (C=O) groups excluding carboxylic acids is 1. The second-order valence-corrected chi connectivity index (χ2v) is 8.64. The van der Waals surface area contributed by atoms with Gasteiger partial charge in [-0.25, -0.2) is 4.39 Å². The Morgan fingerprint density at radius 1 is 1.21 bits per heavy atom. The van der Waals surface area contributed by atoms with Crippen molar-refractivity contribution in [3.63, 3.8) is 0 Å². The molecule has 8 heteroatoms. The highest BCUT2D eigenvalue weighted by atomic mass is 32.1. The maximum absolute atomic E-state index is 13.0. The molecule has 2 aromatic rings. The van der Waals surface area contributed by atoms with Crippen molar-refractivity contribution < 1.29 is 13.9 Å². The Labute approximate surface area is 168 Å². The molecule has 150 valence electrons. The van der Waals surface area contributed by atoms with Gasteiger partial charge < -0.3 is 4.74 Å².